The van der Waals surface area contributed by atoms with Crippen molar-refractivity contribution in [1.29, 1.82) is 0 Å². The normalized spacial score (nSPS) is 14.7. The fraction of sp³-hybridized carbons (Fsp3) is 1.00. The zero-order valence-electron chi connectivity index (χ0n) is 16.1. The summed E-state index contributed by atoms with van der Waals surface area (Å²) in [7, 11) is 1.82. The van der Waals surface area contributed by atoms with E-state index in [9.17, 15) is 9.46 Å². The molecule has 0 aromatic heterocycles. The minimum atomic E-state index is -4.13. The second kappa shape index (κ2) is 14.2. The zero-order chi connectivity index (χ0) is 18.3. The molecule has 0 heterocycles. The number of quaternary nitrogens is 1. The zero-order valence-corrected chi connectivity index (χ0v) is 17.0. The van der Waals surface area contributed by atoms with Gasteiger partial charge in [0.25, 0.3) is 7.82 Å². The maximum absolute atomic E-state index is 11.6. The van der Waals surface area contributed by atoms with Crippen LogP contribution in [0.1, 0.15) is 58.3 Å². The molecule has 0 aliphatic heterocycles. The topological polar surface area (TPSA) is 67.8 Å². The first-order chi connectivity index (χ1) is 11.3. The SMILES string of the molecule is CCOCCCCCCCCCCOP(=O)([O-])OCC[N+](C)(C)C. The molecule has 0 N–H and O–H groups in total. The quantitative estimate of drug-likeness (QED) is 0.224. The smallest absolute Gasteiger partial charge is 0.268 e. The Balaban J connectivity index is 3.38. The van der Waals surface area contributed by atoms with Crippen LogP contribution in [0.3, 0.4) is 0 Å². The predicted molar refractivity (Wildman–Crippen MR) is 95.8 cm³/mol. The number of rotatable bonds is 17. The molecular weight excluding hydrogens is 329 g/mol. The summed E-state index contributed by atoms with van der Waals surface area (Å²) in [5.74, 6) is 0. The van der Waals surface area contributed by atoms with E-state index >= 15 is 0 Å². The second-order valence-corrected chi connectivity index (χ2v) is 8.56. The molecular formula is C17H38NO5P. The van der Waals surface area contributed by atoms with E-state index in [1.54, 1.807) is 0 Å². The van der Waals surface area contributed by atoms with Crippen LogP contribution < -0.4 is 4.89 Å². The average Bonchev–Trinajstić information content (AvgIpc) is 2.46. The van der Waals surface area contributed by atoms with Crippen molar-refractivity contribution < 1.29 is 27.7 Å². The lowest BCUT2D eigenvalue weighted by atomic mass is 10.1. The molecule has 24 heavy (non-hydrogen) atoms. The van der Waals surface area contributed by atoms with Gasteiger partial charge in [-0.25, -0.2) is 0 Å². The first kappa shape index (κ1) is 24.0. The van der Waals surface area contributed by atoms with Crippen LogP contribution >= 0.6 is 7.82 Å². The van der Waals surface area contributed by atoms with Gasteiger partial charge in [0.15, 0.2) is 0 Å². The van der Waals surface area contributed by atoms with Gasteiger partial charge in [0, 0.05) is 13.2 Å². The van der Waals surface area contributed by atoms with Gasteiger partial charge >= 0.3 is 0 Å². The molecule has 0 amide bonds. The first-order valence-corrected chi connectivity index (χ1v) is 10.7. The molecule has 0 aliphatic rings. The third kappa shape index (κ3) is 18.4. The van der Waals surface area contributed by atoms with Crippen LogP contribution in [0.15, 0.2) is 0 Å². The summed E-state index contributed by atoms with van der Waals surface area (Å²) in [5.41, 5.74) is 0. The third-order valence-electron chi connectivity index (χ3n) is 3.65. The summed E-state index contributed by atoms with van der Waals surface area (Å²) in [6, 6.07) is 0. The van der Waals surface area contributed by atoms with E-state index in [0.29, 0.717) is 11.0 Å². The van der Waals surface area contributed by atoms with Crippen LogP contribution in [0, 0.1) is 0 Å². The molecule has 1 atom stereocenters. The average molecular weight is 367 g/mol. The highest BCUT2D eigenvalue weighted by molar-refractivity contribution is 7.45. The Morgan fingerprint density at radius 2 is 1.25 bits per heavy atom. The fourth-order valence-electron chi connectivity index (χ4n) is 2.15. The minimum absolute atomic E-state index is 0.160. The van der Waals surface area contributed by atoms with Crippen molar-refractivity contribution in [3.8, 4) is 0 Å². The van der Waals surface area contributed by atoms with Crippen LogP contribution in [-0.2, 0) is 18.3 Å². The Morgan fingerprint density at radius 1 is 0.792 bits per heavy atom. The van der Waals surface area contributed by atoms with Gasteiger partial charge in [0.05, 0.1) is 27.7 Å². The van der Waals surface area contributed by atoms with Gasteiger partial charge in [0.1, 0.15) is 13.2 Å². The molecule has 0 rings (SSSR count). The molecule has 0 aliphatic carbocycles. The molecule has 0 aromatic carbocycles. The highest BCUT2D eigenvalue weighted by Gasteiger charge is 2.12. The molecule has 7 heteroatoms. The molecule has 0 radical (unpaired) electrons. The Kier molecular flexibility index (Phi) is 14.2. The number of nitrogens with zero attached hydrogens (tertiary/aromatic N) is 1. The van der Waals surface area contributed by atoms with Gasteiger partial charge in [-0.15, -0.1) is 0 Å². The Bertz CT molecular complexity index is 333. The van der Waals surface area contributed by atoms with E-state index in [1.807, 2.05) is 28.1 Å². The summed E-state index contributed by atoms with van der Waals surface area (Å²) in [6.45, 7) is 4.71. The number of likely N-dealkylation sites (N-methyl/N-ethyl adjacent to an activating group) is 1. The van der Waals surface area contributed by atoms with Crippen molar-refractivity contribution in [2.75, 3.05) is 54.1 Å². The van der Waals surface area contributed by atoms with Crippen molar-refractivity contribution >= 4 is 7.82 Å². The lowest BCUT2D eigenvalue weighted by molar-refractivity contribution is -0.870. The molecule has 0 bridgehead atoms. The van der Waals surface area contributed by atoms with Gasteiger partial charge < -0.3 is 23.2 Å². The van der Waals surface area contributed by atoms with E-state index in [2.05, 4.69) is 0 Å². The van der Waals surface area contributed by atoms with Crippen molar-refractivity contribution in [2.24, 2.45) is 0 Å². The second-order valence-electron chi connectivity index (χ2n) is 7.15. The highest BCUT2D eigenvalue weighted by Crippen LogP contribution is 2.38. The maximum atomic E-state index is 11.6. The minimum Gasteiger partial charge on any atom is -0.756 e. The van der Waals surface area contributed by atoms with E-state index in [4.69, 9.17) is 13.8 Å². The van der Waals surface area contributed by atoms with Crippen LogP contribution in [0.4, 0.5) is 0 Å². The molecule has 0 fully saturated rings. The van der Waals surface area contributed by atoms with Gasteiger partial charge in [-0.05, 0) is 19.8 Å². The predicted octanol–water partition coefficient (Wildman–Crippen LogP) is 3.35. The van der Waals surface area contributed by atoms with E-state index < -0.39 is 7.82 Å². The Morgan fingerprint density at radius 3 is 1.75 bits per heavy atom. The summed E-state index contributed by atoms with van der Waals surface area (Å²) in [4.78, 5) is 11.6. The van der Waals surface area contributed by atoms with Crippen molar-refractivity contribution in [2.45, 2.75) is 58.3 Å². The first-order valence-electron chi connectivity index (χ1n) is 9.25. The van der Waals surface area contributed by atoms with Crippen LogP contribution in [0.5, 0.6) is 0 Å². The number of unbranched alkanes of at least 4 members (excludes halogenated alkanes) is 7. The maximum Gasteiger partial charge on any atom is 0.268 e. The fourth-order valence-corrected chi connectivity index (χ4v) is 2.88. The van der Waals surface area contributed by atoms with Gasteiger partial charge in [-0.1, -0.05) is 38.5 Å². The third-order valence-corrected chi connectivity index (χ3v) is 4.65. The van der Waals surface area contributed by atoms with E-state index in [0.717, 1.165) is 38.9 Å². The van der Waals surface area contributed by atoms with Crippen molar-refractivity contribution in [3.63, 3.8) is 0 Å². The molecule has 0 spiro atoms. The van der Waals surface area contributed by atoms with Gasteiger partial charge in [-0.3, -0.25) is 4.57 Å². The summed E-state index contributed by atoms with van der Waals surface area (Å²) < 4.78 is 27.3. The molecule has 0 aromatic rings. The van der Waals surface area contributed by atoms with Crippen molar-refractivity contribution in [3.05, 3.63) is 0 Å². The largest absolute Gasteiger partial charge is 0.756 e. The lowest BCUT2D eigenvalue weighted by Gasteiger charge is -2.27. The highest BCUT2D eigenvalue weighted by atomic mass is 31.2. The number of phosphoric acid groups is 1. The summed E-state index contributed by atoms with van der Waals surface area (Å²) in [6.07, 6.45) is 8.94. The number of hydrogen-bond acceptors (Lipinski definition) is 5. The Hall–Kier alpha value is 0.0300. The molecule has 0 saturated carbocycles. The van der Waals surface area contributed by atoms with E-state index in [1.165, 1.54) is 25.7 Å². The summed E-state index contributed by atoms with van der Waals surface area (Å²) >= 11 is 0. The van der Waals surface area contributed by atoms with Gasteiger partial charge in [0.2, 0.25) is 0 Å². The van der Waals surface area contributed by atoms with Crippen molar-refractivity contribution in [1.82, 2.24) is 0 Å². The number of ether oxygens (including phenoxy) is 1. The van der Waals surface area contributed by atoms with Gasteiger partial charge in [-0.2, -0.15) is 0 Å². The molecule has 6 nitrogen and oxygen atoms in total. The van der Waals surface area contributed by atoms with E-state index in [-0.39, 0.29) is 13.2 Å². The number of hydrogen-bond donors (Lipinski definition) is 0. The standard InChI is InChI=1S/C17H38NO5P/c1-5-21-15-12-10-8-6-7-9-11-13-16-22-24(19,20)23-17-14-18(2,3)4/h5-17H2,1-4H3. The molecule has 1 unspecified atom stereocenters. The lowest BCUT2D eigenvalue weighted by Crippen LogP contribution is -2.37. The van der Waals surface area contributed by atoms with Crippen LogP contribution in [-0.4, -0.2) is 58.6 Å². The van der Waals surface area contributed by atoms with Crippen LogP contribution in [0.25, 0.3) is 0 Å². The molecule has 146 valence electrons. The summed E-state index contributed by atoms with van der Waals surface area (Å²) in [5, 5.41) is 0. The number of phosphoric ester groups is 1. The Labute approximate surface area is 148 Å². The monoisotopic (exact) mass is 367 g/mol. The molecule has 0 saturated heterocycles. The van der Waals surface area contributed by atoms with Crippen LogP contribution in [0.2, 0.25) is 0 Å².